The Balaban J connectivity index is 1.22. The van der Waals surface area contributed by atoms with Crippen LogP contribution in [0.4, 0.5) is 0 Å². The van der Waals surface area contributed by atoms with Gasteiger partial charge < -0.3 is 19.0 Å². The first-order valence-electron chi connectivity index (χ1n) is 13.4. The summed E-state index contributed by atoms with van der Waals surface area (Å²) >= 11 is 6.44. The number of hydrogen-bond acceptors (Lipinski definition) is 3. The van der Waals surface area contributed by atoms with E-state index in [2.05, 4.69) is 97.8 Å². The normalized spacial score (nSPS) is 12.5. The molecule has 0 aliphatic carbocycles. The van der Waals surface area contributed by atoms with Crippen LogP contribution >= 0.6 is 11.6 Å². The molecule has 0 saturated heterocycles. The third-order valence-electron chi connectivity index (χ3n) is 7.96. The number of fused-ring (bicyclic) bond motifs is 3. The molecule has 8 aromatic rings. The van der Waals surface area contributed by atoms with E-state index in [4.69, 9.17) is 16.0 Å². The lowest BCUT2D eigenvalue weighted by molar-refractivity contribution is 0.585. The van der Waals surface area contributed by atoms with Gasteiger partial charge in [0.2, 0.25) is 11.8 Å². The quantitative estimate of drug-likeness (QED) is 0.224. The highest BCUT2D eigenvalue weighted by Gasteiger charge is 2.24. The van der Waals surface area contributed by atoms with Crippen LogP contribution in [0.5, 0.6) is 0 Å². The van der Waals surface area contributed by atoms with Gasteiger partial charge in [0, 0.05) is 74.9 Å². The first-order chi connectivity index (χ1) is 20.1. The molecule has 0 aliphatic heterocycles. The smallest absolute Gasteiger partial charge is 0.250 e. The standard InChI is InChI=1S/C34H24ClN5O/c1-40-19-28(24-7-3-5-9-31(24)40)34-39-38-33(41-34)21-12-10-20(11-13-21)32(26-17-36-29-8-4-2-6-23(26)29)27-18-37-30-15-14-22(35)16-25(27)30/h2-19,32,36-37H,1H3. The van der Waals surface area contributed by atoms with Gasteiger partial charge in [0.1, 0.15) is 0 Å². The Morgan fingerprint density at radius 1 is 0.732 bits per heavy atom. The third-order valence-corrected chi connectivity index (χ3v) is 8.20. The average molecular weight is 554 g/mol. The number of aromatic nitrogens is 5. The molecular weight excluding hydrogens is 530 g/mol. The van der Waals surface area contributed by atoms with Crippen molar-refractivity contribution in [3.63, 3.8) is 0 Å². The minimum absolute atomic E-state index is 0.0265. The van der Waals surface area contributed by atoms with Crippen LogP contribution < -0.4 is 0 Å². The maximum Gasteiger partial charge on any atom is 0.250 e. The Hall–Kier alpha value is -5.07. The summed E-state index contributed by atoms with van der Waals surface area (Å²) in [4.78, 5) is 6.90. The Morgan fingerprint density at radius 3 is 2.24 bits per heavy atom. The Morgan fingerprint density at radius 2 is 1.41 bits per heavy atom. The van der Waals surface area contributed by atoms with Gasteiger partial charge in [-0.1, -0.05) is 60.1 Å². The number of benzene rings is 4. The molecule has 4 aromatic carbocycles. The van der Waals surface area contributed by atoms with Crippen molar-refractivity contribution in [3.05, 3.63) is 131 Å². The van der Waals surface area contributed by atoms with E-state index in [-0.39, 0.29) is 5.92 Å². The van der Waals surface area contributed by atoms with Crippen molar-refractivity contribution in [3.8, 4) is 22.9 Å². The van der Waals surface area contributed by atoms with Gasteiger partial charge >= 0.3 is 0 Å². The van der Waals surface area contributed by atoms with Crippen LogP contribution in [-0.4, -0.2) is 24.7 Å². The van der Waals surface area contributed by atoms with Gasteiger partial charge in [0.15, 0.2) is 0 Å². The minimum Gasteiger partial charge on any atom is -0.416 e. The van der Waals surface area contributed by atoms with Crippen LogP contribution in [0.25, 0.3) is 55.6 Å². The third kappa shape index (κ3) is 3.87. The van der Waals surface area contributed by atoms with Crippen molar-refractivity contribution in [1.29, 1.82) is 0 Å². The fourth-order valence-electron chi connectivity index (χ4n) is 5.99. The second-order valence-electron chi connectivity index (χ2n) is 10.4. The molecule has 0 aliphatic rings. The van der Waals surface area contributed by atoms with Crippen LogP contribution in [0.15, 0.2) is 114 Å². The van der Waals surface area contributed by atoms with Gasteiger partial charge in [-0.25, -0.2) is 0 Å². The topological polar surface area (TPSA) is 75.4 Å². The molecule has 0 saturated carbocycles. The van der Waals surface area contributed by atoms with Crippen molar-refractivity contribution in [2.24, 2.45) is 7.05 Å². The lowest BCUT2D eigenvalue weighted by Crippen LogP contribution is -2.02. The van der Waals surface area contributed by atoms with Crippen molar-refractivity contribution >= 4 is 44.3 Å². The van der Waals surface area contributed by atoms with Gasteiger partial charge in [-0.3, -0.25) is 0 Å². The largest absolute Gasteiger partial charge is 0.416 e. The zero-order chi connectivity index (χ0) is 27.5. The number of halogens is 1. The lowest BCUT2D eigenvalue weighted by atomic mass is 9.84. The number of nitrogens with zero attached hydrogens (tertiary/aromatic N) is 3. The zero-order valence-electron chi connectivity index (χ0n) is 22.1. The van der Waals surface area contributed by atoms with Crippen LogP contribution in [0.3, 0.4) is 0 Å². The minimum atomic E-state index is -0.0265. The second kappa shape index (κ2) is 9.25. The molecule has 41 heavy (non-hydrogen) atoms. The Kier molecular flexibility index (Phi) is 5.37. The zero-order valence-corrected chi connectivity index (χ0v) is 22.9. The van der Waals surface area contributed by atoms with E-state index in [1.54, 1.807) is 0 Å². The predicted octanol–water partition coefficient (Wildman–Crippen LogP) is 8.69. The van der Waals surface area contributed by atoms with Crippen molar-refractivity contribution < 1.29 is 4.42 Å². The SMILES string of the molecule is Cn1cc(-c2nnc(-c3ccc(C(c4c[nH]c5ccccc45)c4c[nH]c5ccc(Cl)cc45)cc3)o2)c2ccccc21. The summed E-state index contributed by atoms with van der Waals surface area (Å²) in [5, 5.41) is 12.9. The van der Waals surface area contributed by atoms with Crippen molar-refractivity contribution in [2.75, 3.05) is 0 Å². The molecule has 4 aromatic heterocycles. The van der Waals surface area contributed by atoms with E-state index in [1.807, 2.05) is 43.6 Å². The monoisotopic (exact) mass is 553 g/mol. The fraction of sp³-hybridized carbons (Fsp3) is 0.0588. The molecule has 198 valence electrons. The molecule has 0 spiro atoms. The summed E-state index contributed by atoms with van der Waals surface area (Å²) in [6, 6.07) is 31.0. The van der Waals surface area contributed by atoms with Crippen LogP contribution in [0.2, 0.25) is 5.02 Å². The van der Waals surface area contributed by atoms with Crippen LogP contribution in [-0.2, 0) is 7.05 Å². The van der Waals surface area contributed by atoms with Gasteiger partial charge in [-0.15, -0.1) is 10.2 Å². The summed E-state index contributed by atoms with van der Waals surface area (Å²) in [7, 11) is 2.02. The van der Waals surface area contributed by atoms with E-state index in [0.717, 1.165) is 49.6 Å². The van der Waals surface area contributed by atoms with E-state index in [9.17, 15) is 0 Å². The highest BCUT2D eigenvalue weighted by atomic mass is 35.5. The second-order valence-corrected chi connectivity index (χ2v) is 10.8. The van der Waals surface area contributed by atoms with E-state index in [0.29, 0.717) is 16.8 Å². The Bertz CT molecular complexity index is 2200. The molecule has 0 fully saturated rings. The molecule has 1 atom stereocenters. The summed E-state index contributed by atoms with van der Waals surface area (Å²) < 4.78 is 8.27. The lowest BCUT2D eigenvalue weighted by Gasteiger charge is -2.18. The molecular formula is C34H24ClN5O. The number of nitrogens with one attached hydrogen (secondary N) is 2. The summed E-state index contributed by atoms with van der Waals surface area (Å²) in [6.45, 7) is 0. The fourth-order valence-corrected chi connectivity index (χ4v) is 6.16. The van der Waals surface area contributed by atoms with Crippen LogP contribution in [0, 0.1) is 0 Å². The van der Waals surface area contributed by atoms with Gasteiger partial charge in [0.05, 0.1) is 5.56 Å². The van der Waals surface area contributed by atoms with Gasteiger partial charge in [-0.05, 0) is 59.2 Å². The molecule has 0 amide bonds. The van der Waals surface area contributed by atoms with Gasteiger partial charge in [0.25, 0.3) is 0 Å². The number of aryl methyl sites for hydroxylation is 1. The molecule has 2 N–H and O–H groups in total. The molecule has 4 heterocycles. The van der Waals surface area contributed by atoms with Crippen LogP contribution in [0.1, 0.15) is 22.6 Å². The van der Waals surface area contributed by atoms with E-state index < -0.39 is 0 Å². The summed E-state index contributed by atoms with van der Waals surface area (Å²) in [6.07, 6.45) is 6.24. The number of rotatable bonds is 5. The number of aromatic amines is 2. The van der Waals surface area contributed by atoms with Gasteiger partial charge in [-0.2, -0.15) is 0 Å². The average Bonchev–Trinajstić information content (AvgIpc) is 3.80. The number of hydrogen-bond donors (Lipinski definition) is 2. The molecule has 1 unspecified atom stereocenters. The van der Waals surface area contributed by atoms with Crippen molar-refractivity contribution in [1.82, 2.24) is 24.7 Å². The Labute approximate surface area is 240 Å². The predicted molar refractivity (Wildman–Crippen MR) is 164 cm³/mol. The molecule has 8 rings (SSSR count). The van der Waals surface area contributed by atoms with Crippen molar-refractivity contribution in [2.45, 2.75) is 5.92 Å². The maximum absolute atomic E-state index is 6.44. The number of para-hydroxylation sites is 2. The molecule has 7 heteroatoms. The maximum atomic E-state index is 6.44. The molecule has 6 nitrogen and oxygen atoms in total. The highest BCUT2D eigenvalue weighted by molar-refractivity contribution is 6.31. The van der Waals surface area contributed by atoms with E-state index >= 15 is 0 Å². The first-order valence-corrected chi connectivity index (χ1v) is 13.8. The summed E-state index contributed by atoms with van der Waals surface area (Å²) in [5.41, 5.74) is 8.58. The first kappa shape index (κ1) is 23.8. The van der Waals surface area contributed by atoms with E-state index in [1.165, 1.54) is 10.9 Å². The molecule has 0 radical (unpaired) electrons. The number of H-pyrrole nitrogens is 2. The molecule has 0 bridgehead atoms. The summed E-state index contributed by atoms with van der Waals surface area (Å²) in [5.74, 6) is 0.969. The highest BCUT2D eigenvalue weighted by Crippen LogP contribution is 2.40.